The SMILES string of the molecule is CC.[CH3-].[Re].[c-]1ccccc1. The maximum Gasteiger partial charge on any atom is 0 e. The van der Waals surface area contributed by atoms with Crippen LogP contribution in [-0.2, 0) is 20.4 Å². The van der Waals surface area contributed by atoms with Crippen LogP contribution in [0.5, 0.6) is 0 Å². The first kappa shape index (κ1) is 16.5. The summed E-state index contributed by atoms with van der Waals surface area (Å²) in [4.78, 5) is 0. The first-order valence-electron chi connectivity index (χ1n) is 2.91. The van der Waals surface area contributed by atoms with E-state index in [0.717, 1.165) is 0 Å². The maximum atomic E-state index is 2.89. The molecule has 10 heavy (non-hydrogen) atoms. The predicted molar refractivity (Wildman–Crippen MR) is 43.0 cm³/mol. The van der Waals surface area contributed by atoms with Crippen molar-refractivity contribution >= 4 is 0 Å². The van der Waals surface area contributed by atoms with Crippen LogP contribution in [0.15, 0.2) is 30.3 Å². The van der Waals surface area contributed by atoms with Crippen molar-refractivity contribution in [3.63, 3.8) is 0 Å². The molecular formula is C9H14Re-2. The molecule has 0 aromatic heterocycles. The maximum absolute atomic E-state index is 2.89. The Kier molecular flexibility index (Phi) is 26.3. The second-order valence-electron chi connectivity index (χ2n) is 1.08. The Balaban J connectivity index is -0.000000114. The van der Waals surface area contributed by atoms with Gasteiger partial charge in [-0.05, 0) is 0 Å². The molecule has 0 saturated heterocycles. The van der Waals surface area contributed by atoms with E-state index in [2.05, 4.69) is 6.07 Å². The summed E-state index contributed by atoms with van der Waals surface area (Å²) in [6.45, 7) is 4.00. The van der Waals surface area contributed by atoms with Gasteiger partial charge in [0.2, 0.25) is 0 Å². The summed E-state index contributed by atoms with van der Waals surface area (Å²) in [5.74, 6) is 0. The van der Waals surface area contributed by atoms with Gasteiger partial charge in [-0.2, -0.15) is 36.4 Å². The van der Waals surface area contributed by atoms with E-state index in [9.17, 15) is 0 Å². The van der Waals surface area contributed by atoms with Gasteiger partial charge in [-0.15, -0.1) is 0 Å². The number of rotatable bonds is 0. The summed E-state index contributed by atoms with van der Waals surface area (Å²) in [7, 11) is 0. The molecule has 1 radical (unpaired) electrons. The molecule has 0 N–H and O–H groups in total. The molecule has 0 aliphatic rings. The van der Waals surface area contributed by atoms with Gasteiger partial charge >= 0.3 is 0 Å². The monoisotopic (exact) mass is 309 g/mol. The van der Waals surface area contributed by atoms with Gasteiger partial charge in [-0.25, -0.2) is 0 Å². The van der Waals surface area contributed by atoms with Crippen molar-refractivity contribution in [2.24, 2.45) is 0 Å². The summed E-state index contributed by atoms with van der Waals surface area (Å²) < 4.78 is 0. The van der Waals surface area contributed by atoms with Crippen molar-refractivity contribution in [1.82, 2.24) is 0 Å². The van der Waals surface area contributed by atoms with E-state index in [1.807, 2.05) is 44.2 Å². The fraction of sp³-hybridized carbons (Fsp3) is 0.222. The zero-order valence-electron chi connectivity index (χ0n) is 6.76. The van der Waals surface area contributed by atoms with Gasteiger partial charge in [-0.3, -0.25) is 0 Å². The molecule has 0 saturated carbocycles. The van der Waals surface area contributed by atoms with Gasteiger partial charge in [0.25, 0.3) is 0 Å². The number of hydrogen-bond acceptors (Lipinski definition) is 0. The smallest absolute Gasteiger partial charge is 0 e. The molecule has 0 aliphatic carbocycles. The Labute approximate surface area is 78.3 Å². The van der Waals surface area contributed by atoms with Gasteiger partial charge in [0.1, 0.15) is 0 Å². The number of hydrogen-bond donors (Lipinski definition) is 0. The van der Waals surface area contributed by atoms with E-state index in [0.29, 0.717) is 0 Å². The van der Waals surface area contributed by atoms with Crippen molar-refractivity contribution in [3.8, 4) is 0 Å². The third kappa shape index (κ3) is 10.8. The van der Waals surface area contributed by atoms with E-state index >= 15 is 0 Å². The first-order chi connectivity index (χ1) is 4.00. The van der Waals surface area contributed by atoms with Crippen LogP contribution in [0.25, 0.3) is 0 Å². The molecule has 0 atom stereocenters. The van der Waals surface area contributed by atoms with Gasteiger partial charge in [0, 0.05) is 20.4 Å². The molecule has 0 aliphatic heterocycles. The molecule has 0 unspecified atom stereocenters. The van der Waals surface area contributed by atoms with Crippen molar-refractivity contribution < 1.29 is 20.4 Å². The van der Waals surface area contributed by atoms with Crippen LogP contribution < -0.4 is 0 Å². The quantitative estimate of drug-likeness (QED) is 0.647. The molecule has 1 aromatic carbocycles. The average molecular weight is 308 g/mol. The van der Waals surface area contributed by atoms with Gasteiger partial charge < -0.3 is 7.43 Å². The summed E-state index contributed by atoms with van der Waals surface area (Å²) in [5, 5.41) is 0. The molecule has 0 amide bonds. The van der Waals surface area contributed by atoms with Gasteiger partial charge in [0.15, 0.2) is 0 Å². The zero-order valence-corrected chi connectivity index (χ0v) is 9.48. The first-order valence-corrected chi connectivity index (χ1v) is 2.91. The molecule has 0 spiro atoms. The predicted octanol–water partition coefficient (Wildman–Crippen LogP) is 2.96. The third-order valence-electron chi connectivity index (χ3n) is 0.607. The van der Waals surface area contributed by atoms with E-state index in [1.54, 1.807) is 0 Å². The second-order valence-corrected chi connectivity index (χ2v) is 1.08. The molecule has 1 aromatic rings. The molecule has 1 rings (SSSR count). The Morgan fingerprint density at radius 3 is 1.40 bits per heavy atom. The fourth-order valence-corrected chi connectivity index (χ4v) is 0.342. The summed E-state index contributed by atoms with van der Waals surface area (Å²) in [6.07, 6.45) is 0. The van der Waals surface area contributed by atoms with Crippen LogP contribution in [-0.4, -0.2) is 0 Å². The van der Waals surface area contributed by atoms with Crippen LogP contribution >= 0.6 is 0 Å². The summed E-state index contributed by atoms with van der Waals surface area (Å²) >= 11 is 0. The normalized spacial score (nSPS) is 5.40. The molecule has 0 nitrogen and oxygen atoms in total. The largest absolute Gasteiger partial charge is 0.358 e. The Bertz CT molecular complexity index is 76.7. The topological polar surface area (TPSA) is 0 Å². The van der Waals surface area contributed by atoms with Gasteiger partial charge in [0.05, 0.1) is 0 Å². The third-order valence-corrected chi connectivity index (χ3v) is 0.607. The Morgan fingerprint density at radius 1 is 0.900 bits per heavy atom. The van der Waals surface area contributed by atoms with E-state index in [-0.39, 0.29) is 27.8 Å². The molecular weight excluding hydrogens is 294 g/mol. The van der Waals surface area contributed by atoms with Crippen molar-refractivity contribution in [2.45, 2.75) is 13.8 Å². The van der Waals surface area contributed by atoms with E-state index in [4.69, 9.17) is 0 Å². The van der Waals surface area contributed by atoms with E-state index < -0.39 is 0 Å². The minimum absolute atomic E-state index is 0. The minimum atomic E-state index is 0. The van der Waals surface area contributed by atoms with Crippen LogP contribution in [0, 0.1) is 13.5 Å². The minimum Gasteiger partial charge on any atom is -0.358 e. The van der Waals surface area contributed by atoms with Crippen molar-refractivity contribution in [1.29, 1.82) is 0 Å². The molecule has 0 bridgehead atoms. The molecule has 1 heteroatoms. The molecule has 0 fully saturated rings. The molecule has 0 heterocycles. The van der Waals surface area contributed by atoms with Crippen molar-refractivity contribution in [2.75, 3.05) is 0 Å². The summed E-state index contributed by atoms with van der Waals surface area (Å²) in [6, 6.07) is 12.5. The standard InChI is InChI=1S/C6H5.C2H6.CH3.Re/c1-2-4-6-5-3-1;1-2;;/h1-5H;1-2H3;1H3;/q-1;;-1;. The van der Waals surface area contributed by atoms with Crippen LogP contribution in [0.2, 0.25) is 0 Å². The Hall–Kier alpha value is -0.118. The number of benzene rings is 1. The fourth-order valence-electron chi connectivity index (χ4n) is 0.342. The van der Waals surface area contributed by atoms with Crippen molar-refractivity contribution in [3.05, 3.63) is 43.8 Å². The van der Waals surface area contributed by atoms with Crippen LogP contribution in [0.4, 0.5) is 0 Å². The summed E-state index contributed by atoms with van der Waals surface area (Å²) in [5.41, 5.74) is 0. The van der Waals surface area contributed by atoms with Gasteiger partial charge in [-0.1, -0.05) is 13.8 Å². The van der Waals surface area contributed by atoms with Crippen LogP contribution in [0.3, 0.4) is 0 Å². The second kappa shape index (κ2) is 15.9. The zero-order chi connectivity index (χ0) is 6.24. The Morgan fingerprint density at radius 2 is 1.30 bits per heavy atom. The molecule has 59 valence electrons. The van der Waals surface area contributed by atoms with E-state index in [1.165, 1.54) is 0 Å². The average Bonchev–Trinajstić information content (AvgIpc) is 1.96. The van der Waals surface area contributed by atoms with Crippen LogP contribution in [0.1, 0.15) is 13.8 Å².